The van der Waals surface area contributed by atoms with Crippen LogP contribution in [0.3, 0.4) is 0 Å². The van der Waals surface area contributed by atoms with Crippen molar-refractivity contribution in [3.63, 3.8) is 0 Å². The van der Waals surface area contributed by atoms with Crippen LogP contribution in [0, 0.1) is 0 Å². The summed E-state index contributed by atoms with van der Waals surface area (Å²) in [5, 5.41) is 26.1. The van der Waals surface area contributed by atoms with Gasteiger partial charge in [0.05, 0.1) is 17.8 Å². The molecular weight excluding hydrogens is 260 g/mol. The summed E-state index contributed by atoms with van der Waals surface area (Å²) in [4.78, 5) is 12.0. The van der Waals surface area contributed by atoms with Crippen LogP contribution in [0.1, 0.15) is 6.42 Å². The maximum absolute atomic E-state index is 12.0. The zero-order valence-corrected chi connectivity index (χ0v) is 10.6. The number of nitrogens with zero attached hydrogens (tertiary/aromatic N) is 4. The van der Waals surface area contributed by atoms with E-state index in [0.717, 1.165) is 5.69 Å². The summed E-state index contributed by atoms with van der Waals surface area (Å²) in [5.74, 6) is -0.157. The third kappa shape index (κ3) is 2.65. The maximum Gasteiger partial charge on any atom is 0.241 e. The number of benzene rings is 1. The molecule has 0 spiro atoms. The highest BCUT2D eigenvalue weighted by molar-refractivity contribution is 5.95. The van der Waals surface area contributed by atoms with E-state index < -0.39 is 6.10 Å². The van der Waals surface area contributed by atoms with E-state index in [-0.39, 0.29) is 11.9 Å². The van der Waals surface area contributed by atoms with Gasteiger partial charge < -0.3 is 15.7 Å². The number of aliphatic hydroxyl groups is 1. The second-order valence-electron chi connectivity index (χ2n) is 4.64. The van der Waals surface area contributed by atoms with E-state index in [1.165, 1.54) is 11.0 Å². The predicted molar refractivity (Wildman–Crippen MR) is 70.2 cm³/mol. The normalized spacial score (nSPS) is 21.9. The van der Waals surface area contributed by atoms with E-state index in [1.807, 2.05) is 12.1 Å². The van der Waals surface area contributed by atoms with E-state index in [0.29, 0.717) is 18.7 Å². The molecule has 1 amide bonds. The van der Waals surface area contributed by atoms with Gasteiger partial charge in [0, 0.05) is 12.2 Å². The fraction of sp³-hybridized carbons (Fsp3) is 0.333. The SMILES string of the molecule is O=C(Nc1cccc(-n2cnnn2)c1)C1CC(O)CN1. The van der Waals surface area contributed by atoms with Crippen LogP contribution in [0.5, 0.6) is 0 Å². The first kappa shape index (κ1) is 12.7. The molecule has 3 rings (SSSR count). The fourth-order valence-corrected chi connectivity index (χ4v) is 2.15. The summed E-state index contributed by atoms with van der Waals surface area (Å²) in [6.07, 6.45) is 1.45. The fourth-order valence-electron chi connectivity index (χ4n) is 2.15. The molecule has 104 valence electrons. The van der Waals surface area contributed by atoms with Crippen LogP contribution >= 0.6 is 0 Å². The Balaban J connectivity index is 1.71. The molecule has 1 saturated heterocycles. The zero-order chi connectivity index (χ0) is 13.9. The molecule has 1 aromatic heterocycles. The van der Waals surface area contributed by atoms with E-state index in [2.05, 4.69) is 26.2 Å². The van der Waals surface area contributed by atoms with Gasteiger partial charge in [-0.25, -0.2) is 4.68 Å². The Labute approximate surface area is 114 Å². The Morgan fingerprint density at radius 2 is 2.40 bits per heavy atom. The van der Waals surface area contributed by atoms with Gasteiger partial charge in [-0.05, 0) is 35.0 Å². The van der Waals surface area contributed by atoms with Crippen LogP contribution in [0.25, 0.3) is 5.69 Å². The summed E-state index contributed by atoms with van der Waals surface area (Å²) in [6.45, 7) is 0.447. The van der Waals surface area contributed by atoms with Crippen LogP contribution in [0.4, 0.5) is 5.69 Å². The van der Waals surface area contributed by atoms with Gasteiger partial charge >= 0.3 is 0 Å². The number of carbonyl (C=O) groups excluding carboxylic acids is 1. The highest BCUT2D eigenvalue weighted by Gasteiger charge is 2.27. The van der Waals surface area contributed by atoms with E-state index in [1.54, 1.807) is 12.1 Å². The molecule has 1 aromatic carbocycles. The third-order valence-electron chi connectivity index (χ3n) is 3.15. The number of aromatic nitrogens is 4. The number of rotatable bonds is 3. The molecule has 0 aliphatic carbocycles. The number of β-amino-alcohol motifs (C(OH)–C–C–N with tert-alkyl or cyclic N) is 1. The number of aliphatic hydroxyl groups excluding tert-OH is 1. The topological polar surface area (TPSA) is 105 Å². The molecule has 20 heavy (non-hydrogen) atoms. The molecular formula is C12H14N6O2. The van der Waals surface area contributed by atoms with Crippen LogP contribution in [-0.4, -0.2) is 49.9 Å². The summed E-state index contributed by atoms with van der Waals surface area (Å²) >= 11 is 0. The number of carbonyl (C=O) groups is 1. The minimum atomic E-state index is -0.460. The van der Waals surface area contributed by atoms with Gasteiger partial charge in [0.25, 0.3) is 0 Å². The van der Waals surface area contributed by atoms with Crippen molar-refractivity contribution in [1.82, 2.24) is 25.5 Å². The van der Waals surface area contributed by atoms with Crippen molar-refractivity contribution < 1.29 is 9.90 Å². The average Bonchev–Trinajstić information content (AvgIpc) is 3.10. The Morgan fingerprint density at radius 3 is 3.10 bits per heavy atom. The second-order valence-corrected chi connectivity index (χ2v) is 4.64. The lowest BCUT2D eigenvalue weighted by atomic mass is 10.2. The molecule has 0 saturated carbocycles. The zero-order valence-electron chi connectivity index (χ0n) is 10.6. The van der Waals surface area contributed by atoms with Gasteiger partial charge in [-0.3, -0.25) is 4.79 Å². The van der Waals surface area contributed by atoms with Gasteiger partial charge in [0.15, 0.2) is 0 Å². The first-order chi connectivity index (χ1) is 9.72. The molecule has 1 aliphatic rings. The largest absolute Gasteiger partial charge is 0.392 e. The first-order valence-electron chi connectivity index (χ1n) is 6.28. The van der Waals surface area contributed by atoms with Crippen molar-refractivity contribution in [1.29, 1.82) is 0 Å². The Kier molecular flexibility index (Phi) is 3.40. The Hall–Kier alpha value is -2.32. The van der Waals surface area contributed by atoms with Gasteiger partial charge in [-0.15, -0.1) is 5.10 Å². The molecule has 2 unspecified atom stereocenters. The number of nitrogens with one attached hydrogen (secondary N) is 2. The molecule has 0 radical (unpaired) electrons. The minimum absolute atomic E-state index is 0.157. The molecule has 8 heteroatoms. The third-order valence-corrected chi connectivity index (χ3v) is 3.15. The first-order valence-corrected chi connectivity index (χ1v) is 6.28. The van der Waals surface area contributed by atoms with Gasteiger partial charge in [-0.1, -0.05) is 6.07 Å². The number of hydrogen-bond acceptors (Lipinski definition) is 6. The maximum atomic E-state index is 12.0. The molecule has 3 N–H and O–H groups in total. The van der Waals surface area contributed by atoms with Crippen LogP contribution in [0.15, 0.2) is 30.6 Å². The standard InChI is InChI=1S/C12H14N6O2/c19-10-5-11(13-6-10)12(20)15-8-2-1-3-9(4-8)18-7-14-16-17-18/h1-4,7,10-11,13,19H,5-6H2,(H,15,20). The lowest BCUT2D eigenvalue weighted by Gasteiger charge is -2.11. The van der Waals surface area contributed by atoms with Crippen molar-refractivity contribution in [3.05, 3.63) is 30.6 Å². The Bertz CT molecular complexity index is 600. The molecule has 1 aliphatic heterocycles. The van der Waals surface area contributed by atoms with Crippen molar-refractivity contribution in [2.45, 2.75) is 18.6 Å². The minimum Gasteiger partial charge on any atom is -0.392 e. The van der Waals surface area contributed by atoms with Crippen LogP contribution < -0.4 is 10.6 Å². The summed E-state index contributed by atoms with van der Waals surface area (Å²) < 4.78 is 1.51. The van der Waals surface area contributed by atoms with Gasteiger partial charge in [-0.2, -0.15) is 0 Å². The molecule has 2 atom stereocenters. The van der Waals surface area contributed by atoms with Crippen molar-refractivity contribution >= 4 is 11.6 Å². The lowest BCUT2D eigenvalue weighted by Crippen LogP contribution is -2.35. The van der Waals surface area contributed by atoms with Crippen LogP contribution in [0.2, 0.25) is 0 Å². The average molecular weight is 274 g/mol. The number of amides is 1. The lowest BCUT2D eigenvalue weighted by molar-refractivity contribution is -0.117. The molecule has 1 fully saturated rings. The quantitative estimate of drug-likeness (QED) is 0.685. The Morgan fingerprint density at radius 1 is 1.50 bits per heavy atom. The second kappa shape index (κ2) is 5.35. The number of hydrogen-bond donors (Lipinski definition) is 3. The molecule has 2 heterocycles. The summed E-state index contributed by atoms with van der Waals surface area (Å²) in [5.41, 5.74) is 1.42. The van der Waals surface area contributed by atoms with Crippen molar-refractivity contribution in [3.8, 4) is 5.69 Å². The smallest absolute Gasteiger partial charge is 0.241 e. The highest BCUT2D eigenvalue weighted by atomic mass is 16.3. The number of anilines is 1. The van der Waals surface area contributed by atoms with Crippen LogP contribution in [-0.2, 0) is 4.79 Å². The predicted octanol–water partition coefficient (Wildman–Crippen LogP) is -0.676. The monoisotopic (exact) mass is 274 g/mol. The van der Waals surface area contributed by atoms with Crippen molar-refractivity contribution in [2.75, 3.05) is 11.9 Å². The summed E-state index contributed by atoms with van der Waals surface area (Å²) in [7, 11) is 0. The van der Waals surface area contributed by atoms with E-state index >= 15 is 0 Å². The molecule has 8 nitrogen and oxygen atoms in total. The molecule has 0 bridgehead atoms. The van der Waals surface area contributed by atoms with Gasteiger partial charge in [0.1, 0.15) is 6.33 Å². The van der Waals surface area contributed by atoms with Gasteiger partial charge in [0.2, 0.25) is 5.91 Å². The van der Waals surface area contributed by atoms with Crippen molar-refractivity contribution in [2.24, 2.45) is 0 Å². The molecule has 2 aromatic rings. The highest BCUT2D eigenvalue weighted by Crippen LogP contribution is 2.15. The van der Waals surface area contributed by atoms with E-state index in [9.17, 15) is 9.90 Å². The van der Waals surface area contributed by atoms with E-state index in [4.69, 9.17) is 0 Å². The number of tetrazole rings is 1. The summed E-state index contributed by atoms with van der Waals surface area (Å²) in [6, 6.07) is 6.85.